The first-order valence-corrected chi connectivity index (χ1v) is 7.27. The van der Waals surface area contributed by atoms with Crippen LogP contribution < -0.4 is 10.6 Å². The van der Waals surface area contributed by atoms with Crippen molar-refractivity contribution in [3.05, 3.63) is 63.1 Å². The van der Waals surface area contributed by atoms with E-state index in [1.54, 1.807) is 12.1 Å². The summed E-state index contributed by atoms with van der Waals surface area (Å²) in [5.41, 5.74) is 2.83. The van der Waals surface area contributed by atoms with Gasteiger partial charge >= 0.3 is 6.03 Å². The molecule has 0 bridgehead atoms. The van der Waals surface area contributed by atoms with Crippen molar-refractivity contribution in [1.29, 1.82) is 0 Å². The summed E-state index contributed by atoms with van der Waals surface area (Å²) in [6.45, 7) is 2.43. The number of nitrogens with one attached hydrogen (secondary N) is 2. The summed E-state index contributed by atoms with van der Waals surface area (Å²) in [6, 6.07) is 12.8. The summed E-state index contributed by atoms with van der Waals surface area (Å²) >= 11 is 9.23. The van der Waals surface area contributed by atoms with Crippen LogP contribution in [0.1, 0.15) is 11.1 Å². The standard InChI is InChI=1S/C15H14BrClN2O/c1-10-8-13(6-7-14(10)16)19-15(20)18-9-11-2-4-12(17)5-3-11/h2-8H,9H2,1H3,(H2,18,19,20). The zero-order chi connectivity index (χ0) is 14.5. The van der Waals surface area contributed by atoms with Crippen molar-refractivity contribution >= 4 is 39.2 Å². The Balaban J connectivity index is 1.89. The molecule has 0 atom stereocenters. The highest BCUT2D eigenvalue weighted by atomic mass is 79.9. The average molecular weight is 354 g/mol. The van der Waals surface area contributed by atoms with Crippen molar-refractivity contribution in [1.82, 2.24) is 5.32 Å². The first kappa shape index (κ1) is 14.9. The molecule has 104 valence electrons. The lowest BCUT2D eigenvalue weighted by Gasteiger charge is -2.09. The van der Waals surface area contributed by atoms with Crippen molar-refractivity contribution < 1.29 is 4.79 Å². The minimum absolute atomic E-state index is 0.235. The fourth-order valence-electron chi connectivity index (χ4n) is 1.68. The summed E-state index contributed by atoms with van der Waals surface area (Å²) < 4.78 is 1.02. The second-order valence-corrected chi connectivity index (χ2v) is 5.69. The molecule has 0 unspecified atom stereocenters. The summed E-state index contributed by atoms with van der Waals surface area (Å²) in [6.07, 6.45) is 0. The zero-order valence-corrected chi connectivity index (χ0v) is 13.3. The van der Waals surface area contributed by atoms with E-state index in [0.29, 0.717) is 11.6 Å². The van der Waals surface area contributed by atoms with Crippen LogP contribution >= 0.6 is 27.5 Å². The highest BCUT2D eigenvalue weighted by Crippen LogP contribution is 2.19. The van der Waals surface area contributed by atoms with Crippen LogP contribution in [0.25, 0.3) is 0 Å². The van der Waals surface area contributed by atoms with E-state index in [2.05, 4.69) is 26.6 Å². The normalized spacial score (nSPS) is 10.2. The van der Waals surface area contributed by atoms with Crippen LogP contribution in [0.5, 0.6) is 0 Å². The minimum Gasteiger partial charge on any atom is -0.334 e. The molecule has 0 heterocycles. The molecule has 2 amide bonds. The molecule has 2 aromatic carbocycles. The van der Waals surface area contributed by atoms with Crippen LogP contribution in [-0.2, 0) is 6.54 Å². The predicted molar refractivity (Wildman–Crippen MR) is 86.2 cm³/mol. The van der Waals surface area contributed by atoms with Gasteiger partial charge in [-0.15, -0.1) is 0 Å². The van der Waals surface area contributed by atoms with Crippen molar-refractivity contribution in [2.75, 3.05) is 5.32 Å². The third kappa shape index (κ3) is 4.25. The number of hydrogen-bond donors (Lipinski definition) is 2. The Morgan fingerprint density at radius 3 is 2.55 bits per heavy atom. The lowest BCUT2D eigenvalue weighted by Crippen LogP contribution is -2.28. The minimum atomic E-state index is -0.235. The molecule has 0 saturated carbocycles. The third-order valence-corrected chi connectivity index (χ3v) is 3.92. The van der Waals surface area contributed by atoms with Gasteiger partial charge in [0.1, 0.15) is 0 Å². The molecule has 2 N–H and O–H groups in total. The highest BCUT2D eigenvalue weighted by molar-refractivity contribution is 9.10. The van der Waals surface area contributed by atoms with Gasteiger partial charge in [-0.1, -0.05) is 39.7 Å². The highest BCUT2D eigenvalue weighted by Gasteiger charge is 2.03. The molecule has 0 aliphatic carbocycles. The Morgan fingerprint density at radius 1 is 1.20 bits per heavy atom. The fourth-order valence-corrected chi connectivity index (χ4v) is 2.05. The quantitative estimate of drug-likeness (QED) is 0.822. The van der Waals surface area contributed by atoms with E-state index in [0.717, 1.165) is 21.3 Å². The van der Waals surface area contributed by atoms with Crippen molar-refractivity contribution in [3.63, 3.8) is 0 Å². The maximum absolute atomic E-state index is 11.8. The third-order valence-electron chi connectivity index (χ3n) is 2.78. The van der Waals surface area contributed by atoms with Crippen molar-refractivity contribution in [3.8, 4) is 0 Å². The van der Waals surface area contributed by atoms with E-state index < -0.39 is 0 Å². The van der Waals surface area contributed by atoms with Gasteiger partial charge in [0, 0.05) is 21.7 Å². The maximum atomic E-state index is 11.8. The zero-order valence-electron chi connectivity index (χ0n) is 10.9. The predicted octanol–water partition coefficient (Wildman–Crippen LogP) is 4.73. The molecule has 2 rings (SSSR count). The molecule has 2 aromatic rings. The molecular weight excluding hydrogens is 340 g/mol. The first-order valence-electron chi connectivity index (χ1n) is 6.10. The van der Waals surface area contributed by atoms with Crippen LogP contribution in [0.2, 0.25) is 5.02 Å². The Bertz CT molecular complexity index is 614. The van der Waals surface area contributed by atoms with Gasteiger partial charge in [-0.25, -0.2) is 4.79 Å². The summed E-state index contributed by atoms with van der Waals surface area (Å²) in [5.74, 6) is 0. The molecule has 0 aliphatic heterocycles. The Labute approximate surface area is 131 Å². The molecule has 0 spiro atoms. The SMILES string of the molecule is Cc1cc(NC(=O)NCc2ccc(Cl)cc2)ccc1Br. The molecular formula is C15H14BrClN2O. The Morgan fingerprint density at radius 2 is 1.90 bits per heavy atom. The number of carbonyl (C=O) groups excluding carboxylic acids is 1. The number of anilines is 1. The number of rotatable bonds is 3. The molecule has 0 fully saturated rings. The number of halogens is 2. The van der Waals surface area contributed by atoms with E-state index in [-0.39, 0.29) is 6.03 Å². The molecule has 0 saturated heterocycles. The smallest absolute Gasteiger partial charge is 0.319 e. The van der Waals surface area contributed by atoms with Crippen molar-refractivity contribution in [2.45, 2.75) is 13.5 Å². The van der Waals surface area contributed by atoms with Crippen molar-refractivity contribution in [2.24, 2.45) is 0 Å². The van der Waals surface area contributed by atoms with Gasteiger partial charge in [-0.3, -0.25) is 0 Å². The Hall–Kier alpha value is -1.52. The fraction of sp³-hybridized carbons (Fsp3) is 0.133. The molecule has 3 nitrogen and oxygen atoms in total. The summed E-state index contributed by atoms with van der Waals surface area (Å²) in [5, 5.41) is 6.27. The van der Waals surface area contributed by atoms with Gasteiger partial charge in [0.25, 0.3) is 0 Å². The summed E-state index contributed by atoms with van der Waals surface area (Å²) in [4.78, 5) is 11.8. The van der Waals surface area contributed by atoms with E-state index >= 15 is 0 Å². The number of hydrogen-bond acceptors (Lipinski definition) is 1. The molecule has 0 radical (unpaired) electrons. The van der Waals surface area contributed by atoms with E-state index in [4.69, 9.17) is 11.6 Å². The molecule has 5 heteroatoms. The monoisotopic (exact) mass is 352 g/mol. The van der Waals surface area contributed by atoms with E-state index in [1.807, 2.05) is 37.3 Å². The number of carbonyl (C=O) groups is 1. The average Bonchev–Trinajstić information content (AvgIpc) is 2.42. The van der Waals surface area contributed by atoms with Crippen LogP contribution in [0.3, 0.4) is 0 Å². The van der Waals surface area contributed by atoms with Gasteiger partial charge in [-0.2, -0.15) is 0 Å². The van der Waals surface area contributed by atoms with Gasteiger partial charge < -0.3 is 10.6 Å². The van der Waals surface area contributed by atoms with Gasteiger partial charge in [0.2, 0.25) is 0 Å². The molecule has 20 heavy (non-hydrogen) atoms. The first-order chi connectivity index (χ1) is 9.54. The number of urea groups is 1. The molecule has 0 aliphatic rings. The van der Waals surface area contributed by atoms with E-state index in [9.17, 15) is 4.79 Å². The van der Waals surface area contributed by atoms with Crippen LogP contribution in [0.4, 0.5) is 10.5 Å². The lowest BCUT2D eigenvalue weighted by molar-refractivity contribution is 0.251. The van der Waals surface area contributed by atoms with Crippen LogP contribution in [0, 0.1) is 6.92 Å². The largest absolute Gasteiger partial charge is 0.334 e. The van der Waals surface area contributed by atoms with Gasteiger partial charge in [0.05, 0.1) is 0 Å². The van der Waals surface area contributed by atoms with Crippen LogP contribution in [0.15, 0.2) is 46.9 Å². The number of amides is 2. The van der Waals surface area contributed by atoms with Gasteiger partial charge in [0.15, 0.2) is 0 Å². The maximum Gasteiger partial charge on any atom is 0.319 e. The second kappa shape index (κ2) is 6.77. The topological polar surface area (TPSA) is 41.1 Å². The lowest BCUT2D eigenvalue weighted by atomic mass is 10.2. The van der Waals surface area contributed by atoms with E-state index in [1.165, 1.54) is 0 Å². The molecule has 0 aromatic heterocycles. The summed E-state index contributed by atoms with van der Waals surface area (Å²) in [7, 11) is 0. The number of benzene rings is 2. The second-order valence-electron chi connectivity index (χ2n) is 4.40. The van der Waals surface area contributed by atoms with Crippen LogP contribution in [-0.4, -0.2) is 6.03 Å². The number of aryl methyl sites for hydroxylation is 1. The van der Waals surface area contributed by atoms with Gasteiger partial charge in [-0.05, 0) is 48.4 Å². The Kier molecular flexibility index (Phi) is 5.04.